The van der Waals surface area contributed by atoms with Gasteiger partial charge >= 0.3 is 0 Å². The number of carbonyl (C=O) groups excluding carboxylic acids is 2. The van der Waals surface area contributed by atoms with Gasteiger partial charge in [-0.05, 0) is 13.8 Å². The van der Waals surface area contributed by atoms with Crippen molar-refractivity contribution in [1.29, 1.82) is 0 Å². The normalized spacial score (nSPS) is 32.3. The molecule has 0 aliphatic carbocycles. The summed E-state index contributed by atoms with van der Waals surface area (Å²) < 4.78 is 5.13. The summed E-state index contributed by atoms with van der Waals surface area (Å²) in [5.74, 6) is -0.863. The molecular formula is C9H17N3O3. The SMILES string of the molecule is CC(NC(=O)C1(C)COCC1N)C(N)=O. The molecule has 1 aliphatic heterocycles. The molecule has 1 heterocycles. The van der Waals surface area contributed by atoms with E-state index in [0.29, 0.717) is 6.61 Å². The summed E-state index contributed by atoms with van der Waals surface area (Å²) in [6, 6.07) is -1.04. The van der Waals surface area contributed by atoms with Gasteiger partial charge in [0.2, 0.25) is 11.8 Å². The highest BCUT2D eigenvalue weighted by atomic mass is 16.5. The van der Waals surface area contributed by atoms with Crippen molar-refractivity contribution >= 4 is 11.8 Å². The van der Waals surface area contributed by atoms with E-state index >= 15 is 0 Å². The Morgan fingerprint density at radius 3 is 2.60 bits per heavy atom. The Bertz CT molecular complexity index is 282. The van der Waals surface area contributed by atoms with Crippen LogP contribution >= 0.6 is 0 Å². The van der Waals surface area contributed by atoms with Gasteiger partial charge < -0.3 is 21.5 Å². The van der Waals surface area contributed by atoms with Crippen LogP contribution in [0.4, 0.5) is 0 Å². The summed E-state index contributed by atoms with van der Waals surface area (Å²) in [6.45, 7) is 3.87. The Morgan fingerprint density at radius 1 is 1.60 bits per heavy atom. The fourth-order valence-electron chi connectivity index (χ4n) is 1.36. The number of hydrogen-bond acceptors (Lipinski definition) is 4. The highest BCUT2D eigenvalue weighted by Gasteiger charge is 2.44. The van der Waals surface area contributed by atoms with Gasteiger partial charge in [-0.25, -0.2) is 0 Å². The van der Waals surface area contributed by atoms with E-state index in [1.54, 1.807) is 6.92 Å². The highest BCUT2D eigenvalue weighted by Crippen LogP contribution is 2.27. The lowest BCUT2D eigenvalue weighted by molar-refractivity contribution is -0.134. The number of nitrogens with two attached hydrogens (primary N) is 2. The minimum Gasteiger partial charge on any atom is -0.379 e. The summed E-state index contributed by atoms with van der Waals surface area (Å²) in [5.41, 5.74) is 10.0. The maximum atomic E-state index is 11.8. The third kappa shape index (κ3) is 2.27. The minimum atomic E-state index is -0.774. The number of nitrogens with one attached hydrogen (secondary N) is 1. The molecule has 3 unspecified atom stereocenters. The van der Waals surface area contributed by atoms with E-state index in [0.717, 1.165) is 0 Å². The zero-order chi connectivity index (χ0) is 11.6. The molecular weight excluding hydrogens is 198 g/mol. The third-order valence-electron chi connectivity index (χ3n) is 2.81. The molecule has 1 rings (SSSR count). The summed E-state index contributed by atoms with van der Waals surface area (Å²) >= 11 is 0. The fraction of sp³-hybridized carbons (Fsp3) is 0.778. The van der Waals surface area contributed by atoms with Crippen LogP contribution in [-0.2, 0) is 14.3 Å². The Balaban J connectivity index is 2.64. The van der Waals surface area contributed by atoms with Crippen LogP contribution in [0.1, 0.15) is 13.8 Å². The Labute approximate surface area is 88.3 Å². The van der Waals surface area contributed by atoms with Crippen molar-refractivity contribution in [3.8, 4) is 0 Å². The van der Waals surface area contributed by atoms with E-state index in [9.17, 15) is 9.59 Å². The quantitative estimate of drug-likeness (QED) is 0.523. The van der Waals surface area contributed by atoms with Gasteiger partial charge in [-0.3, -0.25) is 9.59 Å². The molecule has 0 aromatic heterocycles. The molecule has 1 saturated heterocycles. The Kier molecular flexibility index (Phi) is 3.31. The lowest BCUT2D eigenvalue weighted by atomic mass is 9.84. The van der Waals surface area contributed by atoms with Crippen molar-refractivity contribution < 1.29 is 14.3 Å². The molecule has 0 radical (unpaired) electrons. The molecule has 0 aromatic rings. The maximum Gasteiger partial charge on any atom is 0.239 e. The minimum absolute atomic E-state index is 0.269. The lowest BCUT2D eigenvalue weighted by Gasteiger charge is -2.26. The second-order valence-corrected chi connectivity index (χ2v) is 4.14. The molecule has 6 nitrogen and oxygen atoms in total. The molecule has 0 spiro atoms. The molecule has 15 heavy (non-hydrogen) atoms. The first-order valence-electron chi connectivity index (χ1n) is 4.81. The van der Waals surface area contributed by atoms with Gasteiger partial charge in [0.05, 0.1) is 18.6 Å². The number of hydrogen-bond donors (Lipinski definition) is 3. The van der Waals surface area contributed by atoms with Gasteiger partial charge in [0.15, 0.2) is 0 Å². The van der Waals surface area contributed by atoms with Gasteiger partial charge in [-0.2, -0.15) is 0 Å². The number of amides is 2. The predicted molar refractivity (Wildman–Crippen MR) is 53.7 cm³/mol. The standard InChI is InChI=1S/C9H17N3O3/c1-5(7(11)13)12-8(14)9(2)4-15-3-6(9)10/h5-6H,3-4,10H2,1-2H3,(H2,11,13)(H,12,14). The van der Waals surface area contributed by atoms with Gasteiger partial charge in [0.25, 0.3) is 0 Å². The number of primary amides is 1. The average molecular weight is 215 g/mol. The molecule has 2 amide bonds. The van der Waals surface area contributed by atoms with Crippen molar-refractivity contribution in [3.05, 3.63) is 0 Å². The third-order valence-corrected chi connectivity index (χ3v) is 2.81. The highest BCUT2D eigenvalue weighted by molar-refractivity contribution is 5.89. The van der Waals surface area contributed by atoms with Crippen LogP contribution in [-0.4, -0.2) is 37.1 Å². The van der Waals surface area contributed by atoms with Crippen LogP contribution in [0, 0.1) is 5.41 Å². The van der Waals surface area contributed by atoms with Crippen LogP contribution in [0.2, 0.25) is 0 Å². The fourth-order valence-corrected chi connectivity index (χ4v) is 1.36. The number of rotatable bonds is 3. The molecule has 1 fully saturated rings. The first kappa shape index (κ1) is 11.9. The summed E-state index contributed by atoms with van der Waals surface area (Å²) in [5, 5.41) is 2.52. The topological polar surface area (TPSA) is 107 Å². The van der Waals surface area contributed by atoms with Crippen molar-refractivity contribution in [2.45, 2.75) is 25.9 Å². The molecule has 3 atom stereocenters. The van der Waals surface area contributed by atoms with Gasteiger partial charge in [-0.1, -0.05) is 0 Å². The van der Waals surface area contributed by atoms with Crippen LogP contribution in [0.5, 0.6) is 0 Å². The van der Waals surface area contributed by atoms with E-state index in [2.05, 4.69) is 5.32 Å². The smallest absolute Gasteiger partial charge is 0.239 e. The summed E-state index contributed by atoms with van der Waals surface area (Å²) in [7, 11) is 0. The van der Waals surface area contributed by atoms with Crippen LogP contribution in [0.15, 0.2) is 0 Å². The lowest BCUT2D eigenvalue weighted by Crippen LogP contribution is -2.54. The first-order valence-corrected chi connectivity index (χ1v) is 4.81. The molecule has 0 aromatic carbocycles. The summed E-state index contributed by atoms with van der Waals surface area (Å²) in [4.78, 5) is 22.6. The van der Waals surface area contributed by atoms with Crippen molar-refractivity contribution in [1.82, 2.24) is 5.32 Å². The maximum absolute atomic E-state index is 11.8. The van der Waals surface area contributed by atoms with Crippen molar-refractivity contribution in [2.24, 2.45) is 16.9 Å². The van der Waals surface area contributed by atoms with E-state index in [1.807, 2.05) is 0 Å². The monoisotopic (exact) mass is 215 g/mol. The molecule has 1 aliphatic rings. The zero-order valence-corrected chi connectivity index (χ0v) is 8.95. The molecule has 6 heteroatoms. The molecule has 0 bridgehead atoms. The van der Waals surface area contributed by atoms with E-state index in [-0.39, 0.29) is 18.6 Å². The average Bonchev–Trinajstić information content (AvgIpc) is 2.48. The van der Waals surface area contributed by atoms with Gasteiger partial charge in [0.1, 0.15) is 6.04 Å². The van der Waals surface area contributed by atoms with Crippen LogP contribution in [0.3, 0.4) is 0 Å². The zero-order valence-electron chi connectivity index (χ0n) is 8.95. The second kappa shape index (κ2) is 4.16. The van der Waals surface area contributed by atoms with E-state index in [4.69, 9.17) is 16.2 Å². The molecule has 86 valence electrons. The molecule has 5 N–H and O–H groups in total. The first-order chi connectivity index (χ1) is 6.88. The predicted octanol–water partition coefficient (Wildman–Crippen LogP) is -1.66. The van der Waals surface area contributed by atoms with Gasteiger partial charge in [0, 0.05) is 6.04 Å². The summed E-state index contributed by atoms with van der Waals surface area (Å²) in [6.07, 6.45) is 0. The number of ether oxygens (including phenoxy) is 1. The van der Waals surface area contributed by atoms with Crippen molar-refractivity contribution in [2.75, 3.05) is 13.2 Å². The van der Waals surface area contributed by atoms with E-state index in [1.165, 1.54) is 6.92 Å². The van der Waals surface area contributed by atoms with Crippen LogP contribution in [0.25, 0.3) is 0 Å². The Morgan fingerprint density at radius 2 is 2.20 bits per heavy atom. The van der Waals surface area contributed by atoms with E-state index < -0.39 is 17.4 Å². The molecule has 0 saturated carbocycles. The number of carbonyl (C=O) groups is 2. The second-order valence-electron chi connectivity index (χ2n) is 4.14. The Hall–Kier alpha value is -1.14. The van der Waals surface area contributed by atoms with Crippen molar-refractivity contribution in [3.63, 3.8) is 0 Å². The van der Waals surface area contributed by atoms with Gasteiger partial charge in [-0.15, -0.1) is 0 Å². The largest absolute Gasteiger partial charge is 0.379 e. The van der Waals surface area contributed by atoms with Crippen LogP contribution < -0.4 is 16.8 Å².